The number of anilines is 1. The van der Waals surface area contributed by atoms with Gasteiger partial charge in [-0.1, -0.05) is 31.2 Å². The number of hydrogen-bond acceptors (Lipinski definition) is 5. The van der Waals surface area contributed by atoms with E-state index >= 15 is 0 Å². The van der Waals surface area contributed by atoms with Crippen LogP contribution < -0.4 is 10.0 Å². The molecule has 2 N–H and O–H groups in total. The molecule has 1 amide bonds. The highest BCUT2D eigenvalue weighted by Gasteiger charge is 2.19. The number of carbonyl (C=O) groups excluding carboxylic acids is 1. The Morgan fingerprint density at radius 3 is 2.29 bits per heavy atom. The summed E-state index contributed by atoms with van der Waals surface area (Å²) in [6.45, 7) is 4.98. The monoisotopic (exact) mass is 424 g/mol. The van der Waals surface area contributed by atoms with E-state index in [4.69, 9.17) is 0 Å². The predicted molar refractivity (Wildman–Crippen MR) is 110 cm³/mol. The van der Waals surface area contributed by atoms with Crippen LogP contribution in [-0.2, 0) is 19.9 Å². The number of carbonyl (C=O) groups is 1. The summed E-state index contributed by atoms with van der Waals surface area (Å²) in [7, 11) is -7.08. The van der Waals surface area contributed by atoms with Gasteiger partial charge in [-0.05, 0) is 43.2 Å². The van der Waals surface area contributed by atoms with Crippen molar-refractivity contribution >= 4 is 31.5 Å². The smallest absolute Gasteiger partial charge is 0.261 e. The largest absolute Gasteiger partial charge is 0.351 e. The molecular formula is C19H24N2O5S2. The zero-order chi connectivity index (χ0) is 20.9. The number of sulfonamides is 1. The third kappa shape index (κ3) is 5.56. The predicted octanol–water partition coefficient (Wildman–Crippen LogP) is 2.27. The molecule has 2 rings (SSSR count). The number of amides is 1. The van der Waals surface area contributed by atoms with E-state index in [1.165, 1.54) is 19.1 Å². The van der Waals surface area contributed by atoms with Crippen LogP contribution in [-0.4, -0.2) is 40.8 Å². The van der Waals surface area contributed by atoms with Crippen molar-refractivity contribution in [3.05, 3.63) is 59.2 Å². The fourth-order valence-electron chi connectivity index (χ4n) is 2.46. The number of para-hydroxylation sites is 1. The maximum Gasteiger partial charge on any atom is 0.261 e. The van der Waals surface area contributed by atoms with Crippen molar-refractivity contribution in [2.45, 2.75) is 25.7 Å². The van der Waals surface area contributed by atoms with E-state index in [2.05, 4.69) is 10.0 Å². The molecule has 0 radical (unpaired) electrons. The number of rotatable bonds is 8. The summed E-state index contributed by atoms with van der Waals surface area (Å²) in [6, 6.07) is 11.2. The van der Waals surface area contributed by atoms with Gasteiger partial charge in [0.2, 0.25) is 0 Å². The van der Waals surface area contributed by atoms with Gasteiger partial charge in [0.05, 0.1) is 16.3 Å². The summed E-state index contributed by atoms with van der Waals surface area (Å²) >= 11 is 0. The average molecular weight is 425 g/mol. The maximum absolute atomic E-state index is 12.7. The Bertz CT molecular complexity index is 1080. The Kier molecular flexibility index (Phi) is 6.84. The lowest BCUT2D eigenvalue weighted by atomic mass is 10.1. The number of aryl methyl sites for hydroxylation is 2. The lowest BCUT2D eigenvalue weighted by Gasteiger charge is -2.13. The van der Waals surface area contributed by atoms with E-state index in [0.29, 0.717) is 11.3 Å². The number of nitrogens with one attached hydrogen (secondary N) is 2. The first kappa shape index (κ1) is 21.9. The molecule has 0 spiro atoms. The SMILES string of the molecule is CCS(=O)(=O)CCNC(=O)c1cc(S(=O)(=O)Nc2ccccc2C)ccc1C. The molecule has 0 fully saturated rings. The number of benzene rings is 2. The van der Waals surface area contributed by atoms with Gasteiger partial charge < -0.3 is 5.32 Å². The molecule has 0 saturated heterocycles. The molecule has 0 aliphatic rings. The highest BCUT2D eigenvalue weighted by molar-refractivity contribution is 7.92. The number of hydrogen-bond donors (Lipinski definition) is 2. The van der Waals surface area contributed by atoms with Crippen molar-refractivity contribution in [3.8, 4) is 0 Å². The quantitative estimate of drug-likeness (QED) is 0.676. The molecule has 0 heterocycles. The van der Waals surface area contributed by atoms with Crippen molar-refractivity contribution in [1.29, 1.82) is 0 Å². The van der Waals surface area contributed by atoms with Crippen LogP contribution in [0, 0.1) is 13.8 Å². The van der Waals surface area contributed by atoms with Crippen LogP contribution in [0.5, 0.6) is 0 Å². The summed E-state index contributed by atoms with van der Waals surface area (Å²) in [5.74, 6) is -0.682. The van der Waals surface area contributed by atoms with Crippen LogP contribution in [0.4, 0.5) is 5.69 Å². The van der Waals surface area contributed by atoms with Gasteiger partial charge >= 0.3 is 0 Å². The van der Waals surface area contributed by atoms with Crippen LogP contribution in [0.1, 0.15) is 28.4 Å². The van der Waals surface area contributed by atoms with Crippen molar-refractivity contribution in [2.24, 2.45) is 0 Å². The van der Waals surface area contributed by atoms with Crippen molar-refractivity contribution in [1.82, 2.24) is 5.32 Å². The van der Waals surface area contributed by atoms with Crippen LogP contribution in [0.15, 0.2) is 47.4 Å². The first-order valence-corrected chi connectivity index (χ1v) is 12.0. The minimum absolute atomic E-state index is 0.000198. The second kappa shape index (κ2) is 8.74. The van der Waals surface area contributed by atoms with E-state index in [0.717, 1.165) is 5.56 Å². The summed E-state index contributed by atoms with van der Waals surface area (Å²) in [5.41, 5.74) is 2.00. The molecule has 0 aromatic heterocycles. The topological polar surface area (TPSA) is 109 Å². The van der Waals surface area contributed by atoms with Gasteiger partial charge in [0.15, 0.2) is 9.84 Å². The fourth-order valence-corrected chi connectivity index (χ4v) is 4.32. The fraction of sp³-hybridized carbons (Fsp3) is 0.316. The minimum Gasteiger partial charge on any atom is -0.351 e. The van der Waals surface area contributed by atoms with E-state index in [1.54, 1.807) is 44.2 Å². The zero-order valence-electron chi connectivity index (χ0n) is 16.0. The molecule has 0 atom stereocenters. The van der Waals surface area contributed by atoms with E-state index < -0.39 is 25.8 Å². The number of sulfone groups is 1. The third-order valence-electron chi connectivity index (χ3n) is 4.29. The van der Waals surface area contributed by atoms with Crippen LogP contribution in [0.25, 0.3) is 0 Å². The molecule has 0 saturated carbocycles. The molecule has 152 valence electrons. The van der Waals surface area contributed by atoms with Gasteiger partial charge in [-0.2, -0.15) is 0 Å². The lowest BCUT2D eigenvalue weighted by molar-refractivity contribution is 0.0955. The van der Waals surface area contributed by atoms with Gasteiger partial charge in [-0.25, -0.2) is 16.8 Å². The Balaban J connectivity index is 2.22. The Morgan fingerprint density at radius 2 is 1.64 bits per heavy atom. The standard InChI is InChI=1S/C19H24N2O5S2/c1-4-27(23,24)12-11-20-19(22)17-13-16(10-9-14(17)2)28(25,26)21-18-8-6-5-7-15(18)3/h5-10,13,21H,4,11-12H2,1-3H3,(H,20,22). The third-order valence-corrected chi connectivity index (χ3v) is 7.36. The second-order valence-electron chi connectivity index (χ2n) is 6.39. The van der Waals surface area contributed by atoms with Crippen molar-refractivity contribution in [2.75, 3.05) is 22.8 Å². The van der Waals surface area contributed by atoms with Gasteiger partial charge in [-0.3, -0.25) is 9.52 Å². The van der Waals surface area contributed by atoms with E-state index in [9.17, 15) is 21.6 Å². The maximum atomic E-state index is 12.7. The van der Waals surface area contributed by atoms with Gasteiger partial charge in [0, 0.05) is 17.9 Å². The normalized spacial score (nSPS) is 11.8. The molecule has 7 nitrogen and oxygen atoms in total. The summed E-state index contributed by atoms with van der Waals surface area (Å²) in [5, 5.41) is 2.53. The molecule has 0 bridgehead atoms. The Morgan fingerprint density at radius 1 is 0.964 bits per heavy atom. The van der Waals surface area contributed by atoms with Crippen molar-refractivity contribution < 1.29 is 21.6 Å². The van der Waals surface area contributed by atoms with Gasteiger partial charge in [-0.15, -0.1) is 0 Å². The first-order chi connectivity index (χ1) is 13.1. The summed E-state index contributed by atoms with van der Waals surface area (Å²) in [4.78, 5) is 12.4. The summed E-state index contributed by atoms with van der Waals surface area (Å²) in [6.07, 6.45) is 0. The van der Waals surface area contributed by atoms with E-state index in [-0.39, 0.29) is 28.5 Å². The lowest BCUT2D eigenvalue weighted by Crippen LogP contribution is -2.30. The van der Waals surface area contributed by atoms with Gasteiger partial charge in [0.1, 0.15) is 0 Å². The first-order valence-electron chi connectivity index (χ1n) is 8.73. The van der Waals surface area contributed by atoms with Crippen LogP contribution in [0.3, 0.4) is 0 Å². The Hall–Kier alpha value is -2.39. The van der Waals surface area contributed by atoms with Gasteiger partial charge in [0.25, 0.3) is 15.9 Å². The molecule has 0 aliphatic heterocycles. The van der Waals surface area contributed by atoms with Crippen molar-refractivity contribution in [3.63, 3.8) is 0 Å². The minimum atomic E-state index is -3.88. The molecule has 2 aromatic rings. The average Bonchev–Trinajstić information content (AvgIpc) is 2.63. The highest BCUT2D eigenvalue weighted by atomic mass is 32.2. The molecule has 9 heteroatoms. The van der Waals surface area contributed by atoms with Crippen LogP contribution in [0.2, 0.25) is 0 Å². The molecule has 0 aliphatic carbocycles. The molecule has 2 aromatic carbocycles. The second-order valence-corrected chi connectivity index (χ2v) is 10.5. The zero-order valence-corrected chi connectivity index (χ0v) is 17.7. The van der Waals surface area contributed by atoms with Crippen LogP contribution >= 0.6 is 0 Å². The molecule has 28 heavy (non-hydrogen) atoms. The van der Waals surface area contributed by atoms with E-state index in [1.807, 2.05) is 0 Å². The summed E-state index contributed by atoms with van der Waals surface area (Å²) < 4.78 is 51.0. The molecular weight excluding hydrogens is 400 g/mol. The Labute approximate surface area is 166 Å². The molecule has 0 unspecified atom stereocenters. The highest BCUT2D eigenvalue weighted by Crippen LogP contribution is 2.21.